The van der Waals surface area contributed by atoms with Gasteiger partial charge in [-0.3, -0.25) is 9.59 Å². The Hall–Kier alpha value is -2.02. The first-order chi connectivity index (χ1) is 9.52. The molecule has 0 unspecified atom stereocenters. The van der Waals surface area contributed by atoms with Crippen molar-refractivity contribution in [3.63, 3.8) is 0 Å². The van der Waals surface area contributed by atoms with Gasteiger partial charge < -0.3 is 15.2 Å². The zero-order valence-corrected chi connectivity index (χ0v) is 11.7. The van der Waals surface area contributed by atoms with Crippen molar-refractivity contribution in [2.24, 2.45) is 0 Å². The van der Waals surface area contributed by atoms with Gasteiger partial charge in [-0.1, -0.05) is 0 Å². The van der Waals surface area contributed by atoms with E-state index in [1.54, 1.807) is 24.3 Å². The molecule has 7 heteroatoms. The van der Waals surface area contributed by atoms with Crippen LogP contribution in [0.4, 0.5) is 5.69 Å². The minimum absolute atomic E-state index is 0.0335. The monoisotopic (exact) mass is 297 g/mol. The van der Waals surface area contributed by atoms with Crippen LogP contribution in [0.25, 0.3) is 0 Å². The molecule has 0 saturated carbocycles. The van der Waals surface area contributed by atoms with E-state index >= 15 is 0 Å². The number of aliphatic carboxylic acids is 1. The van der Waals surface area contributed by atoms with Gasteiger partial charge in [0.05, 0.1) is 24.8 Å². The lowest BCUT2D eigenvalue weighted by molar-refractivity contribution is -0.136. The number of carboxylic acid groups (broad SMARTS) is 1. The van der Waals surface area contributed by atoms with E-state index in [1.165, 1.54) is 18.9 Å². The van der Waals surface area contributed by atoms with Gasteiger partial charge in [-0.05, 0) is 24.3 Å². The van der Waals surface area contributed by atoms with Crippen LogP contribution in [0.2, 0.25) is 0 Å². The van der Waals surface area contributed by atoms with Gasteiger partial charge in [0.2, 0.25) is 5.91 Å². The third-order valence-corrected chi connectivity index (χ3v) is 3.24. The molecule has 0 aliphatic rings. The number of benzene rings is 1. The highest BCUT2D eigenvalue weighted by Gasteiger charge is 2.06. The van der Waals surface area contributed by atoms with Crippen LogP contribution in [0.1, 0.15) is 16.8 Å². The molecule has 1 aromatic carbocycles. The summed E-state index contributed by atoms with van der Waals surface area (Å²) in [5, 5.41) is 11.1. The van der Waals surface area contributed by atoms with Gasteiger partial charge in [0.1, 0.15) is 0 Å². The Morgan fingerprint density at radius 3 is 2.45 bits per heavy atom. The fourth-order valence-electron chi connectivity index (χ4n) is 1.33. The lowest BCUT2D eigenvalue weighted by Crippen LogP contribution is -2.14. The van der Waals surface area contributed by atoms with E-state index in [4.69, 9.17) is 5.11 Å². The quantitative estimate of drug-likeness (QED) is 0.587. The summed E-state index contributed by atoms with van der Waals surface area (Å²) in [6.45, 7) is 0. The van der Waals surface area contributed by atoms with E-state index in [2.05, 4.69) is 10.1 Å². The molecule has 0 aromatic heterocycles. The van der Waals surface area contributed by atoms with E-state index in [0.29, 0.717) is 17.0 Å². The van der Waals surface area contributed by atoms with Gasteiger partial charge in [0, 0.05) is 11.4 Å². The standard InChI is InChI=1S/C13H15NO5S/c1-19-13(18)9-2-4-10(5-3-9)14-11(15)8-20-7-6-12(16)17/h2-5H,6-8H2,1H3,(H,14,15)(H,16,17). The van der Waals surface area contributed by atoms with E-state index in [-0.39, 0.29) is 18.1 Å². The number of methoxy groups -OCH3 is 1. The van der Waals surface area contributed by atoms with Crippen LogP contribution >= 0.6 is 11.8 Å². The van der Waals surface area contributed by atoms with Gasteiger partial charge in [0.15, 0.2) is 0 Å². The number of rotatable bonds is 7. The second-order valence-corrected chi connectivity index (χ2v) is 4.92. The maximum atomic E-state index is 11.6. The Balaban J connectivity index is 2.38. The molecule has 0 saturated heterocycles. The first-order valence-corrected chi connectivity index (χ1v) is 6.96. The molecule has 6 nitrogen and oxygen atoms in total. The maximum absolute atomic E-state index is 11.6. The van der Waals surface area contributed by atoms with E-state index in [1.807, 2.05) is 0 Å². The molecule has 1 amide bonds. The van der Waals surface area contributed by atoms with Crippen molar-refractivity contribution >= 4 is 35.3 Å². The third-order valence-electron chi connectivity index (χ3n) is 2.28. The topological polar surface area (TPSA) is 92.7 Å². The molecule has 20 heavy (non-hydrogen) atoms. The smallest absolute Gasteiger partial charge is 0.337 e. The number of carbonyl (C=O) groups excluding carboxylic acids is 2. The van der Waals surface area contributed by atoms with Gasteiger partial charge in [-0.2, -0.15) is 11.8 Å². The molecule has 0 atom stereocenters. The summed E-state index contributed by atoms with van der Waals surface area (Å²) in [7, 11) is 1.30. The van der Waals surface area contributed by atoms with Crippen LogP contribution in [0.5, 0.6) is 0 Å². The number of thioether (sulfide) groups is 1. The van der Waals surface area contributed by atoms with Crippen LogP contribution in [0.3, 0.4) is 0 Å². The average molecular weight is 297 g/mol. The summed E-state index contributed by atoms with van der Waals surface area (Å²) in [6.07, 6.45) is 0.0335. The summed E-state index contributed by atoms with van der Waals surface area (Å²) < 4.78 is 4.56. The summed E-state index contributed by atoms with van der Waals surface area (Å²) in [4.78, 5) is 33.1. The predicted molar refractivity (Wildman–Crippen MR) is 76.0 cm³/mol. The SMILES string of the molecule is COC(=O)c1ccc(NC(=O)CSCCC(=O)O)cc1. The molecule has 0 spiro atoms. The minimum atomic E-state index is -0.878. The number of amides is 1. The molecular weight excluding hydrogens is 282 g/mol. The average Bonchev–Trinajstić information content (AvgIpc) is 2.43. The molecule has 108 valence electrons. The van der Waals surface area contributed by atoms with Crippen LogP contribution < -0.4 is 5.32 Å². The first-order valence-electron chi connectivity index (χ1n) is 5.80. The van der Waals surface area contributed by atoms with Crippen LogP contribution in [-0.4, -0.2) is 41.6 Å². The van der Waals surface area contributed by atoms with Crippen molar-refractivity contribution in [3.05, 3.63) is 29.8 Å². The lowest BCUT2D eigenvalue weighted by Gasteiger charge is -2.05. The number of ether oxygens (including phenoxy) is 1. The Bertz CT molecular complexity index is 486. The molecule has 2 N–H and O–H groups in total. The van der Waals surface area contributed by atoms with Gasteiger partial charge >= 0.3 is 11.9 Å². The number of anilines is 1. The second-order valence-electron chi connectivity index (χ2n) is 3.81. The molecule has 0 radical (unpaired) electrons. The van der Waals surface area contributed by atoms with Crippen LogP contribution in [0.15, 0.2) is 24.3 Å². The Morgan fingerprint density at radius 2 is 1.90 bits per heavy atom. The van der Waals surface area contributed by atoms with Crippen molar-refractivity contribution in [1.29, 1.82) is 0 Å². The molecule has 0 heterocycles. The lowest BCUT2D eigenvalue weighted by atomic mass is 10.2. The third kappa shape index (κ3) is 5.75. The minimum Gasteiger partial charge on any atom is -0.481 e. The first kappa shape index (κ1) is 16.0. The molecule has 0 fully saturated rings. The highest BCUT2D eigenvalue weighted by molar-refractivity contribution is 7.99. The largest absolute Gasteiger partial charge is 0.481 e. The summed E-state index contributed by atoms with van der Waals surface area (Å²) >= 11 is 1.25. The van der Waals surface area contributed by atoms with Crippen LogP contribution in [-0.2, 0) is 14.3 Å². The molecule has 0 aliphatic carbocycles. The van der Waals surface area contributed by atoms with Crippen molar-refractivity contribution in [2.75, 3.05) is 23.9 Å². The van der Waals surface area contributed by atoms with Crippen molar-refractivity contribution in [1.82, 2.24) is 0 Å². The maximum Gasteiger partial charge on any atom is 0.337 e. The van der Waals surface area contributed by atoms with Crippen molar-refractivity contribution in [2.45, 2.75) is 6.42 Å². The predicted octanol–water partition coefficient (Wildman–Crippen LogP) is 1.62. The summed E-state index contributed by atoms with van der Waals surface area (Å²) in [6, 6.07) is 6.32. The van der Waals surface area contributed by atoms with Crippen LogP contribution in [0, 0.1) is 0 Å². The molecule has 1 aromatic rings. The molecular formula is C13H15NO5S. The Kier molecular flexibility index (Phi) is 6.58. The number of hydrogen-bond acceptors (Lipinski definition) is 5. The fourth-order valence-corrected chi connectivity index (χ4v) is 2.05. The second kappa shape index (κ2) is 8.21. The Morgan fingerprint density at radius 1 is 1.25 bits per heavy atom. The fraction of sp³-hybridized carbons (Fsp3) is 0.308. The highest BCUT2D eigenvalue weighted by Crippen LogP contribution is 2.11. The molecule has 1 rings (SSSR count). The number of hydrogen-bond donors (Lipinski definition) is 2. The van der Waals surface area contributed by atoms with E-state index in [0.717, 1.165) is 0 Å². The van der Waals surface area contributed by atoms with Gasteiger partial charge in [-0.25, -0.2) is 4.79 Å². The number of carbonyl (C=O) groups is 3. The van der Waals surface area contributed by atoms with Gasteiger partial charge in [0.25, 0.3) is 0 Å². The zero-order chi connectivity index (χ0) is 15.0. The number of carboxylic acids is 1. The van der Waals surface area contributed by atoms with Crippen molar-refractivity contribution < 1.29 is 24.2 Å². The Labute approximate surface area is 120 Å². The molecule has 0 aliphatic heterocycles. The van der Waals surface area contributed by atoms with E-state index < -0.39 is 11.9 Å². The molecule has 0 bridgehead atoms. The normalized spacial score (nSPS) is 9.85. The van der Waals surface area contributed by atoms with Crippen molar-refractivity contribution in [3.8, 4) is 0 Å². The number of esters is 1. The number of nitrogens with one attached hydrogen (secondary N) is 1. The summed E-state index contributed by atoms with van der Waals surface area (Å²) in [5.41, 5.74) is 0.975. The summed E-state index contributed by atoms with van der Waals surface area (Å²) in [5.74, 6) is -0.953. The van der Waals surface area contributed by atoms with E-state index in [9.17, 15) is 14.4 Å². The van der Waals surface area contributed by atoms with Gasteiger partial charge in [-0.15, -0.1) is 0 Å². The zero-order valence-electron chi connectivity index (χ0n) is 10.9. The highest BCUT2D eigenvalue weighted by atomic mass is 32.2.